The van der Waals surface area contributed by atoms with Crippen LogP contribution in [0.2, 0.25) is 0 Å². The van der Waals surface area contributed by atoms with E-state index in [1.54, 1.807) is 0 Å². The molecule has 0 aliphatic heterocycles. The van der Waals surface area contributed by atoms with Crippen molar-refractivity contribution in [2.75, 3.05) is 0 Å². The Balaban J connectivity index is 0. The molecule has 2 fully saturated rings. The molecule has 0 bridgehead atoms. The first-order chi connectivity index (χ1) is 9.61. The molecule has 6 heteroatoms. The summed E-state index contributed by atoms with van der Waals surface area (Å²) >= 11 is 0. The molecule has 2 saturated carbocycles. The number of carboxylic acids is 2. The summed E-state index contributed by atoms with van der Waals surface area (Å²) in [6.45, 7) is 0. The number of carboxylic acid groups (broad SMARTS) is 2. The van der Waals surface area contributed by atoms with Gasteiger partial charge in [-0.15, -0.1) is 0 Å². The van der Waals surface area contributed by atoms with Gasteiger partial charge in [0.1, 0.15) is 0 Å². The van der Waals surface area contributed by atoms with Gasteiger partial charge in [0.25, 0.3) is 0 Å². The average Bonchev–Trinajstić information content (AvgIpc) is 2.84. The van der Waals surface area contributed by atoms with Gasteiger partial charge < -0.3 is 25.3 Å². The molecule has 0 spiro atoms. The molecule has 0 aromatic rings. The number of carbonyl (C=O) groups is 2. The summed E-state index contributed by atoms with van der Waals surface area (Å²) in [5.74, 6) is -1.99. The second kappa shape index (κ2) is 14.1. The third-order valence-corrected chi connectivity index (χ3v) is 4.38. The van der Waals surface area contributed by atoms with Crippen LogP contribution in [0.1, 0.15) is 77.0 Å². The van der Waals surface area contributed by atoms with Crippen LogP contribution in [0.15, 0.2) is 0 Å². The normalized spacial score (nSPS) is 20.0. The van der Waals surface area contributed by atoms with E-state index in [9.17, 15) is 19.8 Å². The second-order valence-corrected chi connectivity index (χ2v) is 6.02. The quantitative estimate of drug-likeness (QED) is 0.530. The van der Waals surface area contributed by atoms with Crippen molar-refractivity contribution in [3.05, 3.63) is 0 Å². The first-order valence-electron chi connectivity index (χ1n) is 8.03. The van der Waals surface area contributed by atoms with Crippen molar-refractivity contribution in [2.24, 2.45) is 11.8 Å². The predicted octanol–water partition coefficient (Wildman–Crippen LogP) is 0.856. The third kappa shape index (κ3) is 10.3. The Kier molecular flexibility index (Phi) is 15.3. The van der Waals surface area contributed by atoms with Crippen LogP contribution >= 0.6 is 0 Å². The fourth-order valence-electron chi connectivity index (χ4n) is 3.03. The first-order valence-corrected chi connectivity index (χ1v) is 8.03. The van der Waals surface area contributed by atoms with Gasteiger partial charge in [0.05, 0.1) is 0 Å². The maximum absolute atomic E-state index is 10.4. The van der Waals surface area contributed by atoms with Gasteiger partial charge in [0.15, 0.2) is 0 Å². The molecule has 2 aliphatic carbocycles. The molecular formula is C16H27GaO5. The zero-order chi connectivity index (χ0) is 14.8. The van der Waals surface area contributed by atoms with E-state index in [1.165, 1.54) is 25.7 Å². The van der Waals surface area contributed by atoms with E-state index < -0.39 is 11.9 Å². The molecule has 2 aliphatic rings. The molecule has 1 N–H and O–H groups in total. The summed E-state index contributed by atoms with van der Waals surface area (Å²) < 4.78 is 0. The topological polar surface area (TPSA) is 110 Å². The van der Waals surface area contributed by atoms with Crippen LogP contribution in [-0.4, -0.2) is 37.2 Å². The van der Waals surface area contributed by atoms with E-state index in [1.807, 2.05) is 0 Å². The van der Waals surface area contributed by atoms with E-state index in [4.69, 9.17) is 0 Å². The molecule has 0 aromatic carbocycles. The molecule has 0 saturated heterocycles. The zero-order valence-corrected chi connectivity index (χ0v) is 15.7. The molecule has 22 heavy (non-hydrogen) atoms. The predicted molar refractivity (Wildman–Crippen MR) is 80.1 cm³/mol. The smallest absolute Gasteiger partial charge is 0.870 e. The maximum Gasteiger partial charge on any atom is 3.00 e. The third-order valence-electron chi connectivity index (χ3n) is 4.38. The molecule has 5 nitrogen and oxygen atoms in total. The minimum Gasteiger partial charge on any atom is -0.870 e. The van der Waals surface area contributed by atoms with Crippen LogP contribution in [0.3, 0.4) is 0 Å². The molecule has 0 atom stereocenters. The van der Waals surface area contributed by atoms with E-state index in [2.05, 4.69) is 0 Å². The van der Waals surface area contributed by atoms with Crippen molar-refractivity contribution >= 4 is 31.7 Å². The van der Waals surface area contributed by atoms with Gasteiger partial charge in [-0.1, -0.05) is 51.4 Å². The Labute approximate surface area is 146 Å². The maximum atomic E-state index is 10.4. The Hall–Kier alpha value is -0.464. The molecule has 124 valence electrons. The van der Waals surface area contributed by atoms with E-state index in [0.29, 0.717) is 0 Å². The summed E-state index contributed by atoms with van der Waals surface area (Å²) in [4.78, 5) is 20.8. The minimum atomic E-state index is -0.845. The van der Waals surface area contributed by atoms with Gasteiger partial charge >= 0.3 is 19.8 Å². The number of aliphatic carboxylic acids is 2. The summed E-state index contributed by atoms with van der Waals surface area (Å²) in [6.07, 6.45) is 12.4. The van der Waals surface area contributed by atoms with Crippen LogP contribution in [0.4, 0.5) is 0 Å². The second-order valence-electron chi connectivity index (χ2n) is 6.02. The number of rotatable bonds is 2. The zero-order valence-electron chi connectivity index (χ0n) is 13.3. The van der Waals surface area contributed by atoms with Crippen molar-refractivity contribution in [1.29, 1.82) is 0 Å². The number of carbonyl (C=O) groups excluding carboxylic acids is 2. The summed E-state index contributed by atoms with van der Waals surface area (Å²) in [5.41, 5.74) is 0. The summed E-state index contributed by atoms with van der Waals surface area (Å²) in [6, 6.07) is 0. The van der Waals surface area contributed by atoms with Crippen molar-refractivity contribution in [3.8, 4) is 0 Å². The van der Waals surface area contributed by atoms with Gasteiger partial charge in [0, 0.05) is 11.9 Å². The van der Waals surface area contributed by atoms with Crippen LogP contribution in [0.25, 0.3) is 0 Å². The van der Waals surface area contributed by atoms with Crippen molar-refractivity contribution in [1.82, 2.24) is 0 Å². The SMILES string of the molecule is O=C([O-])C1CCCCCC1.O=C([O-])C1CCCCCC1.[Ga+3].[OH-]. The van der Waals surface area contributed by atoms with Gasteiger partial charge in [-0.05, 0) is 37.5 Å². The Morgan fingerprint density at radius 2 is 0.818 bits per heavy atom. The first kappa shape index (κ1) is 23.8. The molecule has 2 rings (SSSR count). The summed E-state index contributed by atoms with van der Waals surface area (Å²) in [5, 5.41) is 20.8. The van der Waals surface area contributed by atoms with E-state index in [0.717, 1.165) is 51.4 Å². The Morgan fingerprint density at radius 1 is 0.591 bits per heavy atom. The van der Waals surface area contributed by atoms with Crippen molar-refractivity contribution < 1.29 is 25.3 Å². The number of hydrogen-bond acceptors (Lipinski definition) is 5. The molecule has 0 heterocycles. The molecule has 0 unspecified atom stereocenters. The Bertz CT molecular complexity index is 263. The van der Waals surface area contributed by atoms with Crippen molar-refractivity contribution in [2.45, 2.75) is 77.0 Å². The van der Waals surface area contributed by atoms with Gasteiger partial charge in [-0.25, -0.2) is 0 Å². The molecule has 0 radical (unpaired) electrons. The van der Waals surface area contributed by atoms with E-state index >= 15 is 0 Å². The Morgan fingerprint density at radius 3 is 1.00 bits per heavy atom. The van der Waals surface area contributed by atoms with Crippen LogP contribution in [-0.2, 0) is 9.59 Å². The van der Waals surface area contributed by atoms with Gasteiger partial charge in [-0.2, -0.15) is 0 Å². The van der Waals surface area contributed by atoms with Crippen LogP contribution < -0.4 is 10.2 Å². The standard InChI is InChI=1S/2C8H14O2.Ga.H2O/c2*9-8(10)7-5-3-1-2-4-6-7;;/h2*7H,1-6H2,(H,9,10);;1H2/q;;+3;/p-3. The van der Waals surface area contributed by atoms with Crippen LogP contribution in [0.5, 0.6) is 0 Å². The van der Waals surface area contributed by atoms with Gasteiger partial charge in [0.2, 0.25) is 0 Å². The van der Waals surface area contributed by atoms with Gasteiger partial charge in [-0.3, -0.25) is 0 Å². The minimum absolute atomic E-state index is 0. The van der Waals surface area contributed by atoms with Crippen LogP contribution in [0, 0.1) is 11.8 Å². The molecule has 0 amide bonds. The van der Waals surface area contributed by atoms with E-state index in [-0.39, 0.29) is 37.1 Å². The average molecular weight is 369 g/mol. The number of hydrogen-bond donors (Lipinski definition) is 0. The molecule has 0 aromatic heterocycles. The molecular weight excluding hydrogens is 342 g/mol. The monoisotopic (exact) mass is 368 g/mol. The van der Waals surface area contributed by atoms with Crippen molar-refractivity contribution in [3.63, 3.8) is 0 Å². The summed E-state index contributed by atoms with van der Waals surface area (Å²) in [7, 11) is 0. The fourth-order valence-corrected chi connectivity index (χ4v) is 3.03. The fraction of sp³-hybridized carbons (Fsp3) is 0.875. The largest absolute Gasteiger partial charge is 3.00 e.